The first-order valence-electron chi connectivity index (χ1n) is 8.97. The Balaban J connectivity index is 1.69. The maximum atomic E-state index is 12.9. The highest BCUT2D eigenvalue weighted by Crippen LogP contribution is 2.34. The van der Waals surface area contributed by atoms with Crippen LogP contribution in [-0.4, -0.2) is 55.5 Å². The summed E-state index contributed by atoms with van der Waals surface area (Å²) in [5.41, 5.74) is 0.480. The number of hydrogen-bond acceptors (Lipinski definition) is 6. The molecule has 3 rings (SSSR count). The van der Waals surface area contributed by atoms with Crippen LogP contribution in [0.15, 0.2) is 24.3 Å². The largest absolute Gasteiger partial charge is 0.495 e. The van der Waals surface area contributed by atoms with E-state index in [1.54, 1.807) is 31.2 Å². The Kier molecular flexibility index (Phi) is 5.56. The molecule has 1 aromatic rings. The molecule has 7 heteroatoms. The first-order valence-corrected chi connectivity index (χ1v) is 8.97. The molecule has 0 aromatic heterocycles. The Morgan fingerprint density at radius 2 is 1.88 bits per heavy atom. The van der Waals surface area contributed by atoms with Gasteiger partial charge in [-0.1, -0.05) is 12.1 Å². The summed E-state index contributed by atoms with van der Waals surface area (Å²) in [5, 5.41) is 0. The third-order valence-electron chi connectivity index (χ3n) is 5.04. The maximum absolute atomic E-state index is 12.9. The van der Waals surface area contributed by atoms with Gasteiger partial charge in [0.25, 0.3) is 5.91 Å². The third-order valence-corrected chi connectivity index (χ3v) is 5.04. The molecule has 26 heavy (non-hydrogen) atoms. The summed E-state index contributed by atoms with van der Waals surface area (Å²) in [6.45, 7) is 3.38. The molecule has 0 saturated carbocycles. The predicted octanol–water partition coefficient (Wildman–Crippen LogP) is 1.60. The lowest BCUT2D eigenvalue weighted by Gasteiger charge is -2.33. The summed E-state index contributed by atoms with van der Waals surface area (Å²) in [5.74, 6) is -0.248. The molecular weight excluding hydrogens is 336 g/mol. The zero-order valence-electron chi connectivity index (χ0n) is 15.1. The molecule has 0 N–H and O–H groups in total. The number of rotatable bonds is 5. The van der Waals surface area contributed by atoms with Crippen LogP contribution in [0.1, 0.15) is 26.2 Å². The van der Waals surface area contributed by atoms with Crippen LogP contribution in [0.3, 0.4) is 0 Å². The lowest BCUT2D eigenvalue weighted by molar-refractivity contribution is -0.149. The van der Waals surface area contributed by atoms with E-state index in [0.29, 0.717) is 44.0 Å². The summed E-state index contributed by atoms with van der Waals surface area (Å²) in [4.78, 5) is 40.5. The van der Waals surface area contributed by atoms with E-state index in [2.05, 4.69) is 0 Å². The molecule has 1 aromatic carbocycles. The standard InChI is InChI=1S/C19H24N2O5/c1-3-26-19(24)13-8-10-20(11-9-13)15-12-17(22)21(18(15)23)14-6-4-5-7-16(14)25-2/h4-7,13,15H,3,8-12H2,1-2H3/t15-/m0/s1. The number of carbonyl (C=O) groups excluding carboxylic acids is 3. The Labute approximate surface area is 152 Å². The van der Waals surface area contributed by atoms with Crippen molar-refractivity contribution in [1.82, 2.24) is 4.90 Å². The zero-order valence-corrected chi connectivity index (χ0v) is 15.1. The van der Waals surface area contributed by atoms with Crippen molar-refractivity contribution >= 4 is 23.5 Å². The molecule has 0 radical (unpaired) electrons. The molecule has 2 fully saturated rings. The Hall–Kier alpha value is -2.41. The second-order valence-corrected chi connectivity index (χ2v) is 6.52. The number of anilines is 1. The molecule has 0 aliphatic carbocycles. The van der Waals surface area contributed by atoms with Crippen molar-refractivity contribution in [3.05, 3.63) is 24.3 Å². The van der Waals surface area contributed by atoms with Crippen LogP contribution >= 0.6 is 0 Å². The van der Waals surface area contributed by atoms with Crippen molar-refractivity contribution < 1.29 is 23.9 Å². The van der Waals surface area contributed by atoms with Crippen LogP contribution in [0.25, 0.3) is 0 Å². The molecule has 2 saturated heterocycles. The number of benzene rings is 1. The molecule has 140 valence electrons. The fraction of sp³-hybridized carbons (Fsp3) is 0.526. The molecule has 2 amide bonds. The fourth-order valence-electron chi connectivity index (χ4n) is 3.68. The van der Waals surface area contributed by atoms with Crippen LogP contribution in [0.4, 0.5) is 5.69 Å². The number of hydrogen-bond donors (Lipinski definition) is 0. The number of esters is 1. The molecule has 2 aliphatic heterocycles. The van der Waals surface area contributed by atoms with Gasteiger partial charge in [0.15, 0.2) is 0 Å². The van der Waals surface area contributed by atoms with Crippen molar-refractivity contribution in [1.29, 1.82) is 0 Å². The van der Waals surface area contributed by atoms with E-state index in [1.165, 1.54) is 12.0 Å². The lowest BCUT2D eigenvalue weighted by atomic mass is 9.95. The maximum Gasteiger partial charge on any atom is 0.309 e. The highest BCUT2D eigenvalue weighted by atomic mass is 16.5. The molecule has 7 nitrogen and oxygen atoms in total. The van der Waals surface area contributed by atoms with E-state index in [1.807, 2.05) is 4.90 Å². The number of likely N-dealkylation sites (tertiary alicyclic amines) is 1. The summed E-state index contributed by atoms with van der Waals surface area (Å²) in [6.07, 6.45) is 1.44. The Morgan fingerprint density at radius 3 is 2.54 bits per heavy atom. The van der Waals surface area contributed by atoms with Gasteiger partial charge in [-0.3, -0.25) is 19.3 Å². The normalized spacial score (nSPS) is 21.9. The third kappa shape index (κ3) is 3.44. The predicted molar refractivity (Wildman–Crippen MR) is 94.8 cm³/mol. The van der Waals surface area contributed by atoms with Crippen molar-refractivity contribution in [2.45, 2.75) is 32.2 Å². The Bertz CT molecular complexity index is 697. The quantitative estimate of drug-likeness (QED) is 0.586. The number of nitrogens with zero attached hydrogens (tertiary/aromatic N) is 2. The van der Waals surface area contributed by atoms with Gasteiger partial charge in [0, 0.05) is 0 Å². The van der Waals surface area contributed by atoms with Crippen LogP contribution in [0.2, 0.25) is 0 Å². The van der Waals surface area contributed by atoms with E-state index in [-0.39, 0.29) is 30.1 Å². The number of piperidine rings is 1. The van der Waals surface area contributed by atoms with Crippen LogP contribution in [0.5, 0.6) is 5.75 Å². The second-order valence-electron chi connectivity index (χ2n) is 6.52. The zero-order chi connectivity index (χ0) is 18.7. The SMILES string of the molecule is CCOC(=O)C1CCN([C@H]2CC(=O)N(c3ccccc3OC)C2=O)CC1. The van der Waals surface area contributed by atoms with Gasteiger partial charge in [0.1, 0.15) is 5.75 Å². The number of amides is 2. The lowest BCUT2D eigenvalue weighted by Crippen LogP contribution is -2.47. The molecule has 2 aliphatic rings. The minimum absolute atomic E-state index is 0.122. The topological polar surface area (TPSA) is 76.2 Å². The van der Waals surface area contributed by atoms with Crippen LogP contribution < -0.4 is 9.64 Å². The van der Waals surface area contributed by atoms with Gasteiger partial charge in [0.05, 0.1) is 37.8 Å². The average molecular weight is 360 g/mol. The van der Waals surface area contributed by atoms with Gasteiger partial charge in [-0.15, -0.1) is 0 Å². The molecule has 0 unspecified atom stereocenters. The Morgan fingerprint density at radius 1 is 1.19 bits per heavy atom. The minimum Gasteiger partial charge on any atom is -0.495 e. The number of methoxy groups -OCH3 is 1. The highest BCUT2D eigenvalue weighted by molar-refractivity contribution is 6.23. The summed E-state index contributed by atoms with van der Waals surface area (Å²) in [6, 6.07) is 6.54. The van der Waals surface area contributed by atoms with E-state index in [4.69, 9.17) is 9.47 Å². The fourth-order valence-corrected chi connectivity index (χ4v) is 3.68. The number of ether oxygens (including phenoxy) is 2. The van der Waals surface area contributed by atoms with Gasteiger partial charge in [0.2, 0.25) is 5.91 Å². The van der Waals surface area contributed by atoms with E-state index >= 15 is 0 Å². The van der Waals surface area contributed by atoms with Crippen molar-refractivity contribution in [3.63, 3.8) is 0 Å². The summed E-state index contributed by atoms with van der Waals surface area (Å²) >= 11 is 0. The van der Waals surface area contributed by atoms with Crippen molar-refractivity contribution in [3.8, 4) is 5.75 Å². The van der Waals surface area contributed by atoms with Crippen LogP contribution in [0, 0.1) is 5.92 Å². The van der Waals surface area contributed by atoms with Gasteiger partial charge < -0.3 is 9.47 Å². The summed E-state index contributed by atoms with van der Waals surface area (Å²) in [7, 11) is 1.52. The number of imide groups is 1. The monoisotopic (exact) mass is 360 g/mol. The summed E-state index contributed by atoms with van der Waals surface area (Å²) < 4.78 is 10.4. The molecule has 0 bridgehead atoms. The van der Waals surface area contributed by atoms with E-state index in [0.717, 1.165) is 0 Å². The van der Waals surface area contributed by atoms with Gasteiger partial charge in [-0.2, -0.15) is 0 Å². The van der Waals surface area contributed by atoms with Crippen molar-refractivity contribution in [2.75, 3.05) is 31.7 Å². The average Bonchev–Trinajstić information content (AvgIpc) is 2.96. The minimum atomic E-state index is -0.476. The van der Waals surface area contributed by atoms with Gasteiger partial charge >= 0.3 is 5.97 Å². The van der Waals surface area contributed by atoms with Gasteiger partial charge in [-0.25, -0.2) is 4.90 Å². The van der Waals surface area contributed by atoms with Crippen LogP contribution in [-0.2, 0) is 19.1 Å². The van der Waals surface area contributed by atoms with Crippen molar-refractivity contribution in [2.24, 2.45) is 5.92 Å². The number of carbonyl (C=O) groups is 3. The second kappa shape index (κ2) is 7.86. The molecule has 2 heterocycles. The first-order chi connectivity index (χ1) is 12.6. The smallest absolute Gasteiger partial charge is 0.309 e. The van der Waals surface area contributed by atoms with Gasteiger partial charge in [-0.05, 0) is 45.0 Å². The highest BCUT2D eigenvalue weighted by Gasteiger charge is 2.44. The molecule has 1 atom stereocenters. The molecule has 0 spiro atoms. The number of para-hydroxylation sites is 2. The van der Waals surface area contributed by atoms with E-state index in [9.17, 15) is 14.4 Å². The molecular formula is C19H24N2O5. The first kappa shape index (κ1) is 18.4. The van der Waals surface area contributed by atoms with E-state index < -0.39 is 6.04 Å².